The van der Waals surface area contributed by atoms with E-state index in [1.165, 1.54) is 30.5 Å². The van der Waals surface area contributed by atoms with Crippen LogP contribution in [0.3, 0.4) is 0 Å². The summed E-state index contributed by atoms with van der Waals surface area (Å²) >= 11 is 0. The van der Waals surface area contributed by atoms with E-state index in [0.29, 0.717) is 30.8 Å². The van der Waals surface area contributed by atoms with E-state index in [9.17, 15) is 18.0 Å². The first-order valence-corrected chi connectivity index (χ1v) is 7.50. The maximum Gasteiger partial charge on any atom is 0.351 e. The first-order valence-electron chi connectivity index (χ1n) is 7.50. The van der Waals surface area contributed by atoms with Crippen molar-refractivity contribution in [1.29, 1.82) is 0 Å². The Labute approximate surface area is 136 Å². The average Bonchev–Trinajstić information content (AvgIpc) is 2.78. The Hall–Kier alpha value is -2.57. The topological polar surface area (TPSA) is 51.2 Å². The van der Waals surface area contributed by atoms with Gasteiger partial charge in [-0.1, -0.05) is 0 Å². The summed E-state index contributed by atoms with van der Waals surface area (Å²) in [6.07, 6.45) is 3.23. The lowest BCUT2D eigenvalue weighted by Crippen LogP contribution is -2.40. The molecule has 1 unspecified atom stereocenters. The smallest absolute Gasteiger partial charge is 0.351 e. The lowest BCUT2D eigenvalue weighted by Gasteiger charge is -2.22. The molecule has 1 aromatic heterocycles. The Morgan fingerprint density at radius 1 is 1.33 bits per heavy atom. The molecule has 24 heavy (non-hydrogen) atoms. The van der Waals surface area contributed by atoms with Gasteiger partial charge < -0.3 is 10.1 Å². The third-order valence-corrected chi connectivity index (χ3v) is 3.86. The number of amides is 1. The molecule has 3 rings (SSSR count). The van der Waals surface area contributed by atoms with Crippen molar-refractivity contribution in [2.45, 2.75) is 24.8 Å². The summed E-state index contributed by atoms with van der Waals surface area (Å²) < 4.78 is 47.6. The highest BCUT2D eigenvalue weighted by Crippen LogP contribution is 2.34. The lowest BCUT2D eigenvalue weighted by atomic mass is 10.0. The number of rotatable bonds is 3. The molecule has 0 fully saturated rings. The van der Waals surface area contributed by atoms with Gasteiger partial charge in [0.2, 0.25) is 0 Å². The largest absolute Gasteiger partial charge is 0.493 e. The fourth-order valence-corrected chi connectivity index (χ4v) is 2.63. The molecule has 2 aromatic rings. The van der Waals surface area contributed by atoms with Crippen LogP contribution < -0.4 is 10.1 Å². The Kier molecular flexibility index (Phi) is 4.42. The van der Waals surface area contributed by atoms with Crippen LogP contribution in [-0.2, 0) is 10.7 Å². The second-order valence-corrected chi connectivity index (χ2v) is 5.51. The fraction of sp³-hybridized carbons (Fsp3) is 0.294. The monoisotopic (exact) mass is 336 g/mol. The molecule has 2 heterocycles. The molecule has 1 N–H and O–H groups in total. The van der Waals surface area contributed by atoms with Crippen LogP contribution >= 0.6 is 0 Å². The van der Waals surface area contributed by atoms with Crippen molar-refractivity contribution in [3.05, 3.63) is 59.7 Å². The lowest BCUT2D eigenvalue weighted by molar-refractivity contribution is -0.148. The zero-order chi connectivity index (χ0) is 17.2. The van der Waals surface area contributed by atoms with E-state index < -0.39 is 29.3 Å². The predicted molar refractivity (Wildman–Crippen MR) is 80.1 cm³/mol. The van der Waals surface area contributed by atoms with Crippen LogP contribution in [0.4, 0.5) is 13.2 Å². The molecule has 1 amide bonds. The Bertz CT molecular complexity index is 738. The molecular weight excluding hydrogens is 321 g/mol. The summed E-state index contributed by atoms with van der Waals surface area (Å²) in [5.74, 6) is -5.30. The number of carbonyl (C=O) groups excluding carboxylic acids is 1. The van der Waals surface area contributed by atoms with Crippen LogP contribution in [0.25, 0.3) is 0 Å². The van der Waals surface area contributed by atoms with E-state index in [4.69, 9.17) is 4.74 Å². The number of hydrogen-bond donors (Lipinski definition) is 1. The normalized spacial score (nSPS) is 17.4. The van der Waals surface area contributed by atoms with Crippen LogP contribution in [-0.4, -0.2) is 17.5 Å². The zero-order valence-corrected chi connectivity index (χ0v) is 12.6. The van der Waals surface area contributed by atoms with Gasteiger partial charge in [-0.15, -0.1) is 0 Å². The Morgan fingerprint density at radius 3 is 2.92 bits per heavy atom. The maximum atomic E-state index is 14.3. The summed E-state index contributed by atoms with van der Waals surface area (Å²) in [7, 11) is 0. The van der Waals surface area contributed by atoms with Gasteiger partial charge in [0.25, 0.3) is 5.91 Å². The van der Waals surface area contributed by atoms with Crippen molar-refractivity contribution in [3.8, 4) is 5.75 Å². The molecule has 7 heteroatoms. The first-order chi connectivity index (χ1) is 11.5. The van der Waals surface area contributed by atoms with Gasteiger partial charge in [0.1, 0.15) is 11.6 Å². The SMILES string of the molecule is O=C(NC1CCCOc2ccc(F)cc21)C(F)(F)c1cccnc1. The van der Waals surface area contributed by atoms with E-state index >= 15 is 0 Å². The zero-order valence-electron chi connectivity index (χ0n) is 12.6. The highest BCUT2D eigenvalue weighted by Gasteiger charge is 2.42. The van der Waals surface area contributed by atoms with Gasteiger partial charge >= 0.3 is 5.92 Å². The molecule has 0 radical (unpaired) electrons. The quantitative estimate of drug-likeness (QED) is 0.935. The summed E-state index contributed by atoms with van der Waals surface area (Å²) in [4.78, 5) is 15.7. The van der Waals surface area contributed by atoms with E-state index in [1.54, 1.807) is 0 Å². The average molecular weight is 336 g/mol. The van der Waals surface area contributed by atoms with Crippen molar-refractivity contribution in [1.82, 2.24) is 10.3 Å². The molecule has 1 aliphatic rings. The van der Waals surface area contributed by atoms with Crippen LogP contribution in [0.15, 0.2) is 42.7 Å². The predicted octanol–water partition coefficient (Wildman–Crippen LogP) is 3.34. The number of hydrogen-bond acceptors (Lipinski definition) is 3. The molecule has 1 atom stereocenters. The number of carbonyl (C=O) groups is 1. The van der Waals surface area contributed by atoms with Gasteiger partial charge in [0.15, 0.2) is 0 Å². The number of aromatic nitrogens is 1. The third kappa shape index (κ3) is 3.20. The molecule has 0 saturated heterocycles. The summed E-state index contributed by atoms with van der Waals surface area (Å²) in [6.45, 7) is 0.379. The van der Waals surface area contributed by atoms with Crippen LogP contribution in [0.5, 0.6) is 5.75 Å². The fourth-order valence-electron chi connectivity index (χ4n) is 2.63. The molecule has 126 valence electrons. The van der Waals surface area contributed by atoms with Gasteiger partial charge in [0.05, 0.1) is 12.6 Å². The first kappa shape index (κ1) is 16.3. The number of alkyl halides is 2. The number of benzene rings is 1. The van der Waals surface area contributed by atoms with Crippen molar-refractivity contribution >= 4 is 5.91 Å². The Balaban J connectivity index is 1.85. The Morgan fingerprint density at radius 2 is 2.17 bits per heavy atom. The minimum atomic E-state index is -3.73. The number of pyridine rings is 1. The van der Waals surface area contributed by atoms with Crippen LogP contribution in [0, 0.1) is 5.82 Å². The van der Waals surface area contributed by atoms with Gasteiger partial charge in [-0.25, -0.2) is 4.39 Å². The molecule has 0 aliphatic carbocycles. The molecule has 4 nitrogen and oxygen atoms in total. The van der Waals surface area contributed by atoms with Crippen molar-refractivity contribution < 1.29 is 22.7 Å². The van der Waals surface area contributed by atoms with E-state index in [1.807, 2.05) is 0 Å². The second kappa shape index (κ2) is 6.51. The van der Waals surface area contributed by atoms with E-state index in [2.05, 4.69) is 10.3 Å². The highest BCUT2D eigenvalue weighted by atomic mass is 19.3. The van der Waals surface area contributed by atoms with Gasteiger partial charge in [-0.3, -0.25) is 9.78 Å². The second-order valence-electron chi connectivity index (χ2n) is 5.51. The van der Waals surface area contributed by atoms with Gasteiger partial charge in [-0.05, 0) is 43.2 Å². The minimum Gasteiger partial charge on any atom is -0.493 e. The molecule has 0 spiro atoms. The number of fused-ring (bicyclic) bond motifs is 1. The van der Waals surface area contributed by atoms with Gasteiger partial charge in [0, 0.05) is 23.5 Å². The number of nitrogens with one attached hydrogen (secondary N) is 1. The molecule has 1 aromatic carbocycles. The highest BCUT2D eigenvalue weighted by molar-refractivity contribution is 5.85. The van der Waals surface area contributed by atoms with Crippen LogP contribution in [0.1, 0.15) is 30.0 Å². The summed E-state index contributed by atoms with van der Waals surface area (Å²) in [5.41, 5.74) is -0.130. The number of ether oxygens (including phenoxy) is 1. The van der Waals surface area contributed by atoms with E-state index in [0.717, 1.165) is 12.3 Å². The van der Waals surface area contributed by atoms with Crippen LogP contribution in [0.2, 0.25) is 0 Å². The third-order valence-electron chi connectivity index (χ3n) is 3.86. The summed E-state index contributed by atoms with van der Waals surface area (Å²) in [5, 5.41) is 2.32. The van der Waals surface area contributed by atoms with Crippen molar-refractivity contribution in [2.75, 3.05) is 6.61 Å². The van der Waals surface area contributed by atoms with Crippen molar-refractivity contribution in [3.63, 3.8) is 0 Å². The standard InChI is InChI=1S/C17H15F3N2O2/c18-12-5-6-15-13(9-12)14(4-2-8-24-15)22-16(23)17(19,20)11-3-1-7-21-10-11/h1,3,5-7,9-10,14H,2,4,8H2,(H,22,23). The maximum absolute atomic E-state index is 14.3. The number of halogens is 3. The van der Waals surface area contributed by atoms with Crippen molar-refractivity contribution in [2.24, 2.45) is 0 Å². The molecule has 0 saturated carbocycles. The molecule has 1 aliphatic heterocycles. The molecular formula is C17H15F3N2O2. The van der Waals surface area contributed by atoms with Gasteiger partial charge in [-0.2, -0.15) is 8.78 Å². The number of nitrogens with zero attached hydrogens (tertiary/aromatic N) is 1. The minimum absolute atomic E-state index is 0.364. The van der Waals surface area contributed by atoms with E-state index in [-0.39, 0.29) is 0 Å². The molecule has 0 bridgehead atoms. The summed E-state index contributed by atoms with van der Waals surface area (Å²) in [6, 6.07) is 5.60.